The van der Waals surface area contributed by atoms with Crippen LogP contribution in [0.15, 0.2) is 60.8 Å². The monoisotopic (exact) mass is 884 g/mol. The topological polar surface area (TPSA) is 194 Å². The molecule has 62 heavy (non-hydrogen) atoms. The smallest absolute Gasteiger partial charge is 0.407 e. The summed E-state index contributed by atoms with van der Waals surface area (Å²) in [5, 5.41) is 18.7. The zero-order chi connectivity index (χ0) is 46.4. The number of nitrogens with one attached hydrogen (secondary N) is 3. The van der Waals surface area contributed by atoms with E-state index in [-0.39, 0.29) is 51.1 Å². The molecule has 0 aliphatic carbocycles. The quantitative estimate of drug-likeness (QED) is 0.0465. The predicted octanol–water partition coefficient (Wildman–Crippen LogP) is 5.89. The summed E-state index contributed by atoms with van der Waals surface area (Å²) < 4.78 is 42.3. The van der Waals surface area contributed by atoms with Gasteiger partial charge in [0.1, 0.15) is 29.9 Å². The van der Waals surface area contributed by atoms with Gasteiger partial charge in [-0.05, 0) is 74.9 Å². The van der Waals surface area contributed by atoms with Gasteiger partial charge in [0.25, 0.3) is 0 Å². The highest BCUT2D eigenvalue weighted by molar-refractivity contribution is 6.76. The van der Waals surface area contributed by atoms with Crippen molar-refractivity contribution in [2.75, 3.05) is 32.8 Å². The number of aliphatic hydroxyl groups is 1. The summed E-state index contributed by atoms with van der Waals surface area (Å²) >= 11 is 0. The third kappa shape index (κ3) is 17.0. The van der Waals surface area contributed by atoms with E-state index in [9.17, 15) is 33.5 Å². The molecule has 0 saturated carbocycles. The van der Waals surface area contributed by atoms with E-state index < -0.39 is 85.2 Å². The van der Waals surface area contributed by atoms with Gasteiger partial charge in [0.2, 0.25) is 17.7 Å². The molecule has 1 aromatic heterocycles. The van der Waals surface area contributed by atoms with Crippen molar-refractivity contribution >= 4 is 37.9 Å². The molecule has 3 rings (SSSR count). The summed E-state index contributed by atoms with van der Waals surface area (Å²) in [5.74, 6) is -3.72. The number of alkyl carbamates (subject to hydrolysis) is 1. The van der Waals surface area contributed by atoms with Crippen LogP contribution in [-0.2, 0) is 35.2 Å². The molecule has 3 atom stereocenters. The minimum Gasteiger partial charge on any atom is -0.460 e. The number of halogens is 2. The molecule has 0 saturated heterocycles. The van der Waals surface area contributed by atoms with Crippen LogP contribution in [0.5, 0.6) is 0 Å². The lowest BCUT2D eigenvalue weighted by Crippen LogP contribution is -2.52. The summed E-state index contributed by atoms with van der Waals surface area (Å²) in [4.78, 5) is 66.6. The van der Waals surface area contributed by atoms with Gasteiger partial charge in [0.15, 0.2) is 0 Å². The molecule has 0 fully saturated rings. The molecule has 6 N–H and O–H groups in total. The Hall–Kier alpha value is -5.13. The number of amides is 4. The molecule has 0 aliphatic heterocycles. The molecule has 3 aromatic rings. The second-order valence-corrected chi connectivity index (χ2v) is 24.3. The van der Waals surface area contributed by atoms with Gasteiger partial charge in [-0.3, -0.25) is 19.2 Å². The molecule has 0 aliphatic rings. The van der Waals surface area contributed by atoms with Crippen molar-refractivity contribution < 1.29 is 47.3 Å². The Bertz CT molecular complexity index is 1980. The first-order valence-electron chi connectivity index (χ1n) is 20.9. The number of esters is 1. The molecule has 0 bridgehead atoms. The maximum atomic E-state index is 15.2. The van der Waals surface area contributed by atoms with E-state index in [2.05, 4.69) is 35.6 Å². The minimum absolute atomic E-state index is 0.00573. The van der Waals surface area contributed by atoms with Crippen LogP contribution in [-0.4, -0.2) is 103 Å². The Balaban J connectivity index is 1.94. The summed E-state index contributed by atoms with van der Waals surface area (Å²) in [6.07, 6.45) is 0.759. The van der Waals surface area contributed by atoms with Crippen LogP contribution in [0.25, 0.3) is 11.1 Å². The van der Waals surface area contributed by atoms with Crippen LogP contribution in [0.1, 0.15) is 78.1 Å². The Labute approximate surface area is 365 Å². The average molecular weight is 885 g/mol. The highest BCUT2D eigenvalue weighted by atomic mass is 28.3. The van der Waals surface area contributed by atoms with Gasteiger partial charge in [-0.25, -0.2) is 13.6 Å². The van der Waals surface area contributed by atoms with E-state index in [1.165, 1.54) is 4.90 Å². The van der Waals surface area contributed by atoms with E-state index in [0.29, 0.717) is 23.8 Å². The van der Waals surface area contributed by atoms with Crippen molar-refractivity contribution in [1.82, 2.24) is 25.4 Å². The zero-order valence-electron chi connectivity index (χ0n) is 37.6. The number of nitrogens with zero attached hydrogens (tertiary/aromatic N) is 2. The van der Waals surface area contributed by atoms with Crippen LogP contribution in [0.3, 0.4) is 0 Å². The molecule has 1 heterocycles. The summed E-state index contributed by atoms with van der Waals surface area (Å²) in [6.45, 7) is 16.8. The molecule has 0 unspecified atom stereocenters. The first-order valence-corrected chi connectivity index (χ1v) is 24.6. The van der Waals surface area contributed by atoms with Crippen LogP contribution in [0.4, 0.5) is 13.6 Å². The van der Waals surface area contributed by atoms with Crippen molar-refractivity contribution in [2.24, 2.45) is 11.1 Å². The van der Waals surface area contributed by atoms with Crippen LogP contribution >= 0.6 is 0 Å². The summed E-state index contributed by atoms with van der Waals surface area (Å²) in [5.41, 5.74) is 6.00. The third-order valence-corrected chi connectivity index (χ3v) is 11.5. The number of aromatic nitrogens is 1. The maximum absolute atomic E-state index is 15.2. The van der Waals surface area contributed by atoms with E-state index in [4.69, 9.17) is 15.2 Å². The number of carbonyl (C=O) groups is 5. The van der Waals surface area contributed by atoms with Gasteiger partial charge >= 0.3 is 12.1 Å². The van der Waals surface area contributed by atoms with Gasteiger partial charge in [0.05, 0.1) is 18.7 Å². The largest absolute Gasteiger partial charge is 0.460 e. The van der Waals surface area contributed by atoms with Crippen molar-refractivity contribution in [3.05, 3.63) is 83.7 Å². The highest BCUT2D eigenvalue weighted by Gasteiger charge is 2.38. The number of rotatable bonds is 22. The van der Waals surface area contributed by atoms with Crippen molar-refractivity contribution in [3.63, 3.8) is 0 Å². The fourth-order valence-electron chi connectivity index (χ4n) is 6.83. The fourth-order valence-corrected chi connectivity index (χ4v) is 7.54. The lowest BCUT2D eigenvalue weighted by atomic mass is 9.82. The van der Waals surface area contributed by atoms with E-state index in [0.717, 1.165) is 23.8 Å². The number of hydrogen-bond acceptors (Lipinski definition) is 9. The molecule has 17 heteroatoms. The minimum atomic E-state index is -1.57. The first-order chi connectivity index (χ1) is 28.9. The number of aliphatic hydroxyl groups excluding tert-OH is 1. The van der Waals surface area contributed by atoms with Gasteiger partial charge < -0.3 is 45.7 Å². The lowest BCUT2D eigenvalue weighted by molar-refractivity contribution is -0.155. The predicted molar refractivity (Wildman–Crippen MR) is 236 cm³/mol. The second kappa shape index (κ2) is 22.8. The number of carbonyl (C=O) groups excluding carboxylic acids is 5. The molecular formula is C45H66F2N6O8Si. The molecule has 14 nitrogen and oxygen atoms in total. The first kappa shape index (κ1) is 51.2. The molecule has 2 aromatic carbocycles. The maximum Gasteiger partial charge on any atom is 0.407 e. The van der Waals surface area contributed by atoms with Gasteiger partial charge in [-0.1, -0.05) is 70.7 Å². The van der Waals surface area contributed by atoms with Crippen LogP contribution in [0.2, 0.25) is 25.7 Å². The number of hydrogen-bond donors (Lipinski definition) is 5. The summed E-state index contributed by atoms with van der Waals surface area (Å²) in [7, 11) is -1.57. The van der Waals surface area contributed by atoms with Crippen molar-refractivity contribution in [1.29, 1.82) is 0 Å². The molecule has 4 amide bonds. The lowest BCUT2D eigenvalue weighted by Gasteiger charge is -2.41. The van der Waals surface area contributed by atoms with E-state index in [1.807, 2.05) is 55.7 Å². The van der Waals surface area contributed by atoms with Crippen LogP contribution < -0.4 is 21.7 Å². The van der Waals surface area contributed by atoms with Crippen LogP contribution in [0, 0.1) is 17.0 Å². The van der Waals surface area contributed by atoms with E-state index in [1.54, 1.807) is 33.0 Å². The summed E-state index contributed by atoms with van der Waals surface area (Å²) in [6, 6.07) is 12.1. The highest BCUT2D eigenvalue weighted by Crippen LogP contribution is 2.41. The molecular weight excluding hydrogens is 819 g/mol. The van der Waals surface area contributed by atoms with Gasteiger partial charge in [-0.2, -0.15) is 0 Å². The SMILES string of the molecule is CC(C)(C)OC(=O)CC[C@@H](NCCNC(=O)[C@H](CCN(C(=O)CO)[C@@H](c1cc(-c2cc(F)ccc2F)cn1Cc1ccccc1)C(C)(C)C)NC(=O)OCC[Si](C)(C)C)C(N)=O. The second-order valence-electron chi connectivity index (χ2n) is 18.7. The fraction of sp³-hybridized carbons (Fsp3) is 0.533. The van der Waals surface area contributed by atoms with Crippen molar-refractivity contribution in [3.8, 4) is 11.1 Å². The molecule has 0 spiro atoms. The standard InChI is InChI=1S/C45H66F2N6O8Si/c1-44(2,3)40(37-25-31(33-26-32(46)15-16-34(33)47)28-52(37)27-30-13-11-10-12-14-30)53(38(55)29-54)22-19-36(51-43(59)60-23-24-62(7,8)9)42(58)50-21-20-49-35(41(48)57)17-18-39(56)61-45(4,5)6/h10-16,25-26,28,35-36,40,49,54H,17-24,27,29H2,1-9H3,(H2,48,57)(H,50,58)(H,51,59)/t35-,36+,40+/m1/s1. The third-order valence-electron chi connectivity index (χ3n) is 9.80. The number of nitrogens with two attached hydrogens (primary N) is 1. The number of benzene rings is 2. The Morgan fingerprint density at radius 3 is 2.19 bits per heavy atom. The average Bonchev–Trinajstić information content (AvgIpc) is 3.56. The Morgan fingerprint density at radius 2 is 1.60 bits per heavy atom. The Morgan fingerprint density at radius 1 is 0.919 bits per heavy atom. The normalized spacial score (nSPS) is 13.4. The number of ether oxygens (including phenoxy) is 2. The Kier molecular flexibility index (Phi) is 18.8. The molecule has 0 radical (unpaired) electrons. The molecule has 342 valence electrons. The van der Waals surface area contributed by atoms with Gasteiger partial charge in [0, 0.05) is 63.7 Å². The van der Waals surface area contributed by atoms with Gasteiger partial charge in [-0.15, -0.1) is 0 Å². The van der Waals surface area contributed by atoms with E-state index >= 15 is 4.39 Å². The van der Waals surface area contributed by atoms with Crippen molar-refractivity contribution in [2.45, 2.75) is 117 Å². The zero-order valence-corrected chi connectivity index (χ0v) is 38.6. The number of primary amides is 1.